The number of likely N-dealkylation sites (tertiary alicyclic amines) is 1. The van der Waals surface area contributed by atoms with Crippen LogP contribution in [0.25, 0.3) is 11.3 Å². The zero-order chi connectivity index (χ0) is 16.9. The Morgan fingerprint density at radius 1 is 1.08 bits per heavy atom. The van der Waals surface area contributed by atoms with Gasteiger partial charge in [0.05, 0.1) is 17.6 Å². The standard InChI is InChI=1S/C20H28N4/c1-23(2)19-10-13-24(14-11-19)12-9-16-3-5-17(6-4-16)20-8-7-18(21)15-22-20/h3-8,15,19H,9-14,21H2,1-2H3. The van der Waals surface area contributed by atoms with Gasteiger partial charge in [0.1, 0.15) is 0 Å². The van der Waals surface area contributed by atoms with E-state index in [0.717, 1.165) is 30.3 Å². The maximum absolute atomic E-state index is 5.69. The van der Waals surface area contributed by atoms with Crippen LogP contribution in [0, 0.1) is 0 Å². The van der Waals surface area contributed by atoms with E-state index in [1.807, 2.05) is 12.1 Å². The van der Waals surface area contributed by atoms with Gasteiger partial charge in [0, 0.05) is 18.2 Å². The lowest BCUT2D eigenvalue weighted by molar-refractivity contribution is 0.146. The Labute approximate surface area is 145 Å². The molecule has 2 aromatic rings. The van der Waals surface area contributed by atoms with Crippen molar-refractivity contribution in [2.75, 3.05) is 39.5 Å². The Balaban J connectivity index is 1.51. The Hall–Kier alpha value is -1.91. The van der Waals surface area contributed by atoms with Gasteiger partial charge in [0.15, 0.2) is 0 Å². The molecule has 1 fully saturated rings. The van der Waals surface area contributed by atoms with E-state index in [1.54, 1.807) is 6.20 Å². The maximum Gasteiger partial charge on any atom is 0.0703 e. The highest BCUT2D eigenvalue weighted by Crippen LogP contribution is 2.19. The van der Waals surface area contributed by atoms with Crippen LogP contribution in [0.3, 0.4) is 0 Å². The van der Waals surface area contributed by atoms with E-state index in [-0.39, 0.29) is 0 Å². The highest BCUT2D eigenvalue weighted by Gasteiger charge is 2.19. The minimum absolute atomic E-state index is 0.702. The Kier molecular flexibility index (Phi) is 5.48. The summed E-state index contributed by atoms with van der Waals surface area (Å²) in [5, 5.41) is 0. The Morgan fingerprint density at radius 2 is 1.79 bits per heavy atom. The summed E-state index contributed by atoms with van der Waals surface area (Å²) in [4.78, 5) is 9.34. The highest BCUT2D eigenvalue weighted by atomic mass is 15.2. The van der Waals surface area contributed by atoms with Gasteiger partial charge in [-0.3, -0.25) is 4.98 Å². The van der Waals surface area contributed by atoms with Crippen LogP contribution < -0.4 is 5.73 Å². The first kappa shape index (κ1) is 16.9. The summed E-state index contributed by atoms with van der Waals surface area (Å²) in [6, 6.07) is 13.4. The van der Waals surface area contributed by atoms with Crippen LogP contribution in [0.4, 0.5) is 5.69 Å². The second kappa shape index (κ2) is 7.77. The molecule has 24 heavy (non-hydrogen) atoms. The average molecular weight is 324 g/mol. The molecule has 0 radical (unpaired) electrons. The molecule has 0 unspecified atom stereocenters. The Morgan fingerprint density at radius 3 is 2.38 bits per heavy atom. The summed E-state index contributed by atoms with van der Waals surface area (Å²) < 4.78 is 0. The molecule has 1 aliphatic rings. The third kappa shape index (κ3) is 4.34. The number of hydrogen-bond donors (Lipinski definition) is 1. The van der Waals surface area contributed by atoms with Crippen molar-refractivity contribution in [3.8, 4) is 11.3 Å². The number of anilines is 1. The van der Waals surface area contributed by atoms with Crippen molar-refractivity contribution in [2.24, 2.45) is 0 Å². The monoisotopic (exact) mass is 324 g/mol. The van der Waals surface area contributed by atoms with Gasteiger partial charge in [0.25, 0.3) is 0 Å². The molecule has 0 amide bonds. The third-order valence-electron chi connectivity index (χ3n) is 5.04. The third-order valence-corrected chi connectivity index (χ3v) is 5.04. The van der Waals surface area contributed by atoms with Crippen LogP contribution in [0.5, 0.6) is 0 Å². The highest BCUT2D eigenvalue weighted by molar-refractivity contribution is 5.60. The lowest BCUT2D eigenvalue weighted by atomic mass is 10.0. The van der Waals surface area contributed by atoms with E-state index in [4.69, 9.17) is 5.73 Å². The van der Waals surface area contributed by atoms with E-state index in [2.05, 4.69) is 53.1 Å². The SMILES string of the molecule is CN(C)C1CCN(CCc2ccc(-c3ccc(N)cn3)cc2)CC1. The summed E-state index contributed by atoms with van der Waals surface area (Å²) in [5.41, 5.74) is 9.91. The van der Waals surface area contributed by atoms with Gasteiger partial charge in [-0.1, -0.05) is 24.3 Å². The lowest BCUT2D eigenvalue weighted by Gasteiger charge is -2.35. The number of piperidine rings is 1. The van der Waals surface area contributed by atoms with E-state index in [1.165, 1.54) is 31.5 Å². The first-order chi connectivity index (χ1) is 11.6. The first-order valence-electron chi connectivity index (χ1n) is 8.81. The van der Waals surface area contributed by atoms with Crippen LogP contribution in [-0.2, 0) is 6.42 Å². The fraction of sp³-hybridized carbons (Fsp3) is 0.450. The summed E-state index contributed by atoms with van der Waals surface area (Å²) in [7, 11) is 4.38. The number of rotatable bonds is 5. The molecule has 0 atom stereocenters. The van der Waals surface area contributed by atoms with Gasteiger partial charge in [-0.05, 0) is 64.1 Å². The topological polar surface area (TPSA) is 45.4 Å². The summed E-state index contributed by atoms with van der Waals surface area (Å²) >= 11 is 0. The van der Waals surface area contributed by atoms with Crippen LogP contribution in [0.2, 0.25) is 0 Å². The largest absolute Gasteiger partial charge is 0.397 e. The molecular formula is C20H28N4. The van der Waals surface area contributed by atoms with E-state index in [0.29, 0.717) is 5.69 Å². The predicted octanol–water partition coefficient (Wildman–Crippen LogP) is 2.90. The van der Waals surface area contributed by atoms with E-state index >= 15 is 0 Å². The molecule has 4 nitrogen and oxygen atoms in total. The van der Waals surface area contributed by atoms with Crippen molar-refractivity contribution in [3.05, 3.63) is 48.2 Å². The van der Waals surface area contributed by atoms with Gasteiger partial charge in [-0.2, -0.15) is 0 Å². The minimum Gasteiger partial charge on any atom is -0.397 e. The average Bonchev–Trinajstić information content (AvgIpc) is 2.61. The van der Waals surface area contributed by atoms with Crippen LogP contribution >= 0.6 is 0 Å². The molecule has 1 saturated heterocycles. The van der Waals surface area contributed by atoms with E-state index in [9.17, 15) is 0 Å². The quantitative estimate of drug-likeness (QED) is 0.918. The van der Waals surface area contributed by atoms with Crippen LogP contribution in [0.1, 0.15) is 18.4 Å². The molecule has 0 bridgehead atoms. The zero-order valence-electron chi connectivity index (χ0n) is 14.8. The summed E-state index contributed by atoms with van der Waals surface area (Å²) in [5.74, 6) is 0. The van der Waals surface area contributed by atoms with Gasteiger partial charge in [-0.25, -0.2) is 0 Å². The minimum atomic E-state index is 0.702. The molecule has 2 N–H and O–H groups in total. The van der Waals surface area contributed by atoms with Crippen molar-refractivity contribution >= 4 is 5.69 Å². The number of nitrogens with zero attached hydrogens (tertiary/aromatic N) is 3. The molecule has 0 aliphatic carbocycles. The zero-order valence-corrected chi connectivity index (χ0v) is 14.8. The summed E-state index contributed by atoms with van der Waals surface area (Å²) in [6.07, 6.45) is 5.40. The second-order valence-corrected chi connectivity index (χ2v) is 6.96. The van der Waals surface area contributed by atoms with Gasteiger partial charge in [0.2, 0.25) is 0 Å². The van der Waals surface area contributed by atoms with E-state index < -0.39 is 0 Å². The van der Waals surface area contributed by atoms with Gasteiger partial charge < -0.3 is 15.5 Å². The lowest BCUT2D eigenvalue weighted by Crippen LogP contribution is -2.42. The normalized spacial score (nSPS) is 16.6. The predicted molar refractivity (Wildman–Crippen MR) is 101 cm³/mol. The second-order valence-electron chi connectivity index (χ2n) is 6.96. The number of nitrogen functional groups attached to an aromatic ring is 1. The molecule has 128 valence electrons. The van der Waals surface area contributed by atoms with Crippen molar-refractivity contribution in [1.29, 1.82) is 0 Å². The van der Waals surface area contributed by atoms with Gasteiger partial charge >= 0.3 is 0 Å². The van der Waals surface area contributed by atoms with Crippen molar-refractivity contribution in [2.45, 2.75) is 25.3 Å². The van der Waals surface area contributed by atoms with Crippen LogP contribution in [-0.4, -0.2) is 54.6 Å². The van der Waals surface area contributed by atoms with Crippen LogP contribution in [0.15, 0.2) is 42.6 Å². The molecule has 1 aliphatic heterocycles. The number of benzene rings is 1. The summed E-state index contributed by atoms with van der Waals surface area (Å²) in [6.45, 7) is 3.59. The molecule has 0 spiro atoms. The number of aromatic nitrogens is 1. The number of pyridine rings is 1. The Bertz CT molecular complexity index is 626. The number of hydrogen-bond acceptors (Lipinski definition) is 4. The van der Waals surface area contributed by atoms with Crippen molar-refractivity contribution in [3.63, 3.8) is 0 Å². The fourth-order valence-electron chi connectivity index (χ4n) is 3.36. The van der Waals surface area contributed by atoms with Crippen molar-refractivity contribution < 1.29 is 0 Å². The molecule has 1 aromatic heterocycles. The molecule has 4 heteroatoms. The smallest absolute Gasteiger partial charge is 0.0703 e. The fourth-order valence-corrected chi connectivity index (χ4v) is 3.36. The maximum atomic E-state index is 5.69. The molecule has 2 heterocycles. The molecule has 1 aromatic carbocycles. The number of nitrogens with two attached hydrogens (primary N) is 1. The van der Waals surface area contributed by atoms with Gasteiger partial charge in [-0.15, -0.1) is 0 Å². The molecule has 0 saturated carbocycles. The molecular weight excluding hydrogens is 296 g/mol. The first-order valence-corrected chi connectivity index (χ1v) is 8.81. The molecule has 3 rings (SSSR count). The van der Waals surface area contributed by atoms with Crippen molar-refractivity contribution in [1.82, 2.24) is 14.8 Å².